The number of carbonyl (C=O) groups is 2. The zero-order valence-electron chi connectivity index (χ0n) is 17.7. The number of ether oxygens (including phenoxy) is 2. The van der Waals surface area contributed by atoms with Gasteiger partial charge in [-0.05, 0) is 17.7 Å². The minimum atomic E-state index is -1.01. The standard InChI is InChI=1S/C23H26N4O4/c1-30-18-10-6-9-17(15-18)26-11-13-27(14-12-26)23-24-20(16-7-4-3-5-8-16)19(21(28)25-23)22(29)31-2/h3-10,15,19-20H,11-14H2,1-2H3,(H,24,25,28). The Kier molecular flexibility index (Phi) is 6.06. The van der Waals surface area contributed by atoms with Gasteiger partial charge in [-0.25, -0.2) is 4.99 Å². The Hall–Kier alpha value is -3.55. The van der Waals surface area contributed by atoms with Crippen molar-refractivity contribution in [1.29, 1.82) is 0 Å². The molecule has 2 aromatic rings. The smallest absolute Gasteiger partial charge is 0.320 e. The molecule has 0 aliphatic carbocycles. The molecule has 0 saturated carbocycles. The molecule has 1 saturated heterocycles. The van der Waals surface area contributed by atoms with Gasteiger partial charge in [0.1, 0.15) is 11.8 Å². The topological polar surface area (TPSA) is 83.5 Å². The van der Waals surface area contributed by atoms with E-state index in [0.29, 0.717) is 19.0 Å². The molecule has 2 heterocycles. The number of nitrogens with one attached hydrogen (secondary N) is 1. The van der Waals surface area contributed by atoms with Gasteiger partial charge >= 0.3 is 5.97 Å². The van der Waals surface area contributed by atoms with E-state index in [2.05, 4.69) is 21.2 Å². The molecule has 31 heavy (non-hydrogen) atoms. The number of hydrogen-bond donors (Lipinski definition) is 1. The minimum absolute atomic E-state index is 0.388. The number of anilines is 1. The van der Waals surface area contributed by atoms with Crippen LogP contribution in [0.2, 0.25) is 0 Å². The Labute approximate surface area is 181 Å². The summed E-state index contributed by atoms with van der Waals surface area (Å²) in [6, 6.07) is 16.7. The van der Waals surface area contributed by atoms with E-state index in [1.807, 2.05) is 48.5 Å². The SMILES string of the molecule is COC(=O)C1C(=O)NC(N2CCN(c3cccc(OC)c3)CC2)=NC1c1ccccc1. The number of amides is 1. The van der Waals surface area contributed by atoms with Gasteiger partial charge in [0.2, 0.25) is 11.9 Å². The molecule has 0 bridgehead atoms. The van der Waals surface area contributed by atoms with Gasteiger partial charge in [-0.15, -0.1) is 0 Å². The molecule has 1 N–H and O–H groups in total. The predicted molar refractivity (Wildman–Crippen MR) is 117 cm³/mol. The fourth-order valence-corrected chi connectivity index (χ4v) is 3.99. The predicted octanol–water partition coefficient (Wildman–Crippen LogP) is 1.83. The fraction of sp³-hybridized carbons (Fsp3) is 0.348. The van der Waals surface area contributed by atoms with Crippen molar-refractivity contribution in [2.45, 2.75) is 6.04 Å². The Morgan fingerprint density at radius 1 is 1.00 bits per heavy atom. The lowest BCUT2D eigenvalue weighted by Gasteiger charge is -2.39. The third kappa shape index (κ3) is 4.33. The number of piperazine rings is 1. The van der Waals surface area contributed by atoms with Crippen LogP contribution in [-0.2, 0) is 14.3 Å². The van der Waals surface area contributed by atoms with Crippen molar-refractivity contribution in [3.8, 4) is 5.75 Å². The van der Waals surface area contributed by atoms with Crippen molar-refractivity contribution < 1.29 is 19.1 Å². The summed E-state index contributed by atoms with van der Waals surface area (Å²) in [4.78, 5) is 34.3. The summed E-state index contributed by atoms with van der Waals surface area (Å²) < 4.78 is 10.2. The lowest BCUT2D eigenvalue weighted by molar-refractivity contribution is -0.151. The molecule has 2 atom stereocenters. The molecule has 2 aliphatic heterocycles. The van der Waals surface area contributed by atoms with E-state index in [1.54, 1.807) is 7.11 Å². The van der Waals surface area contributed by atoms with Crippen molar-refractivity contribution >= 4 is 23.5 Å². The van der Waals surface area contributed by atoms with Gasteiger partial charge in [-0.3, -0.25) is 14.9 Å². The summed E-state index contributed by atoms with van der Waals surface area (Å²) in [6.07, 6.45) is 0. The molecule has 162 valence electrons. The van der Waals surface area contributed by atoms with Crippen molar-refractivity contribution in [3.05, 3.63) is 60.2 Å². The van der Waals surface area contributed by atoms with Crippen LogP contribution in [0.5, 0.6) is 5.75 Å². The molecular weight excluding hydrogens is 396 g/mol. The summed E-state index contributed by atoms with van der Waals surface area (Å²) in [5, 5.41) is 2.82. The number of hydrogen-bond acceptors (Lipinski definition) is 7. The van der Waals surface area contributed by atoms with Gasteiger partial charge in [0, 0.05) is 37.9 Å². The number of carbonyl (C=O) groups excluding carboxylic acids is 2. The number of nitrogens with zero attached hydrogens (tertiary/aromatic N) is 3. The quantitative estimate of drug-likeness (QED) is 0.598. The lowest BCUT2D eigenvalue weighted by Crippen LogP contribution is -2.57. The zero-order valence-corrected chi connectivity index (χ0v) is 17.7. The van der Waals surface area contributed by atoms with E-state index in [9.17, 15) is 9.59 Å². The van der Waals surface area contributed by atoms with Gasteiger partial charge < -0.3 is 19.3 Å². The molecule has 0 radical (unpaired) electrons. The molecule has 0 spiro atoms. The molecule has 2 aromatic carbocycles. The molecule has 8 nitrogen and oxygen atoms in total. The van der Waals surface area contributed by atoms with E-state index in [1.165, 1.54) is 7.11 Å². The minimum Gasteiger partial charge on any atom is -0.497 e. The maximum Gasteiger partial charge on any atom is 0.320 e. The average molecular weight is 422 g/mol. The molecule has 2 aliphatic rings. The van der Waals surface area contributed by atoms with E-state index in [4.69, 9.17) is 14.5 Å². The van der Waals surface area contributed by atoms with Gasteiger partial charge in [-0.2, -0.15) is 0 Å². The van der Waals surface area contributed by atoms with Crippen molar-refractivity contribution in [3.63, 3.8) is 0 Å². The second-order valence-electron chi connectivity index (χ2n) is 7.47. The van der Waals surface area contributed by atoms with Crippen LogP contribution in [0.25, 0.3) is 0 Å². The van der Waals surface area contributed by atoms with Crippen LogP contribution in [0.4, 0.5) is 5.69 Å². The molecule has 1 fully saturated rings. The van der Waals surface area contributed by atoms with Gasteiger partial charge in [0.25, 0.3) is 0 Å². The second kappa shape index (κ2) is 9.07. The van der Waals surface area contributed by atoms with Crippen LogP contribution in [0.3, 0.4) is 0 Å². The summed E-state index contributed by atoms with van der Waals surface area (Å²) in [5.41, 5.74) is 1.90. The van der Waals surface area contributed by atoms with Crippen molar-refractivity contribution in [2.24, 2.45) is 10.9 Å². The molecular formula is C23H26N4O4. The van der Waals surface area contributed by atoms with E-state index < -0.39 is 17.9 Å². The highest BCUT2D eigenvalue weighted by Crippen LogP contribution is 2.31. The Morgan fingerprint density at radius 3 is 2.39 bits per heavy atom. The summed E-state index contributed by atoms with van der Waals surface area (Å²) in [7, 11) is 2.94. The molecule has 1 amide bonds. The highest BCUT2D eigenvalue weighted by molar-refractivity contribution is 6.08. The largest absolute Gasteiger partial charge is 0.497 e. The third-order valence-corrected chi connectivity index (χ3v) is 5.69. The maximum absolute atomic E-state index is 12.8. The first kappa shape index (κ1) is 20.7. The highest BCUT2D eigenvalue weighted by Gasteiger charge is 2.41. The molecule has 8 heteroatoms. The first-order chi connectivity index (χ1) is 15.1. The number of methoxy groups -OCH3 is 2. The Morgan fingerprint density at radius 2 is 1.71 bits per heavy atom. The van der Waals surface area contributed by atoms with Crippen LogP contribution in [0, 0.1) is 5.92 Å². The lowest BCUT2D eigenvalue weighted by atomic mass is 9.91. The summed E-state index contributed by atoms with van der Waals surface area (Å²) in [6.45, 7) is 2.94. The van der Waals surface area contributed by atoms with Crippen LogP contribution >= 0.6 is 0 Å². The Bertz CT molecular complexity index is 971. The summed E-state index contributed by atoms with van der Waals surface area (Å²) >= 11 is 0. The first-order valence-corrected chi connectivity index (χ1v) is 10.3. The molecule has 2 unspecified atom stereocenters. The number of esters is 1. The fourth-order valence-electron chi connectivity index (χ4n) is 3.99. The van der Waals surface area contributed by atoms with Crippen LogP contribution in [0.1, 0.15) is 11.6 Å². The van der Waals surface area contributed by atoms with Gasteiger partial charge in [0.05, 0.1) is 14.2 Å². The number of benzene rings is 2. The Balaban J connectivity index is 1.53. The third-order valence-electron chi connectivity index (χ3n) is 5.69. The van der Waals surface area contributed by atoms with Crippen LogP contribution < -0.4 is 15.0 Å². The average Bonchev–Trinajstić information content (AvgIpc) is 2.83. The highest BCUT2D eigenvalue weighted by atomic mass is 16.5. The second-order valence-corrected chi connectivity index (χ2v) is 7.47. The normalized spacial score (nSPS) is 21.2. The van der Waals surface area contributed by atoms with Crippen molar-refractivity contribution in [2.75, 3.05) is 45.3 Å². The number of aliphatic imine (C=N–C) groups is 1. The maximum atomic E-state index is 12.8. The van der Waals surface area contributed by atoms with Crippen molar-refractivity contribution in [1.82, 2.24) is 10.2 Å². The van der Waals surface area contributed by atoms with E-state index >= 15 is 0 Å². The van der Waals surface area contributed by atoms with E-state index in [0.717, 1.165) is 30.1 Å². The van der Waals surface area contributed by atoms with Gasteiger partial charge in [0.15, 0.2) is 5.92 Å². The van der Waals surface area contributed by atoms with Gasteiger partial charge in [-0.1, -0.05) is 36.4 Å². The number of guanidine groups is 1. The molecule has 0 aromatic heterocycles. The zero-order chi connectivity index (χ0) is 21.8. The van der Waals surface area contributed by atoms with E-state index in [-0.39, 0.29) is 5.91 Å². The monoisotopic (exact) mass is 422 g/mol. The number of rotatable bonds is 4. The molecule has 4 rings (SSSR count). The first-order valence-electron chi connectivity index (χ1n) is 10.3. The summed E-state index contributed by atoms with van der Waals surface area (Å²) in [5.74, 6) is -0.653. The van der Waals surface area contributed by atoms with Crippen LogP contribution in [0.15, 0.2) is 59.6 Å². The van der Waals surface area contributed by atoms with Crippen LogP contribution in [-0.4, -0.2) is 63.1 Å².